The van der Waals surface area contributed by atoms with E-state index in [9.17, 15) is 9.59 Å². The zero-order chi connectivity index (χ0) is 17.1. The number of hydrogen-bond donors (Lipinski definition) is 1. The van der Waals surface area contributed by atoms with Gasteiger partial charge >= 0.3 is 12.0 Å². The summed E-state index contributed by atoms with van der Waals surface area (Å²) in [6.07, 6.45) is 0.390. The Kier molecular flexibility index (Phi) is 7.67. The first-order chi connectivity index (χ1) is 11.1. The summed E-state index contributed by atoms with van der Waals surface area (Å²) in [7, 11) is 0. The molecule has 1 rings (SSSR count). The molecule has 0 aliphatic heterocycles. The van der Waals surface area contributed by atoms with Crippen molar-refractivity contribution in [2.24, 2.45) is 0 Å². The van der Waals surface area contributed by atoms with Gasteiger partial charge in [-0.3, -0.25) is 0 Å². The number of esters is 1. The molecule has 0 radical (unpaired) electrons. The maximum Gasteiger partial charge on any atom is 0.338 e. The Balaban J connectivity index is 2.68. The maximum atomic E-state index is 12.2. The molecule has 120 valence electrons. The molecule has 0 aliphatic carbocycles. The summed E-state index contributed by atoms with van der Waals surface area (Å²) >= 11 is 0. The number of carbonyl (C=O) groups excluding carboxylic acids is 2. The fourth-order valence-corrected chi connectivity index (χ4v) is 1.79. The van der Waals surface area contributed by atoms with Gasteiger partial charge in [0, 0.05) is 18.8 Å². The molecule has 0 saturated carbocycles. The number of benzene rings is 1. The largest absolute Gasteiger partial charge is 0.462 e. The third-order valence-electron chi connectivity index (χ3n) is 2.92. The smallest absolute Gasteiger partial charge is 0.338 e. The van der Waals surface area contributed by atoms with Crippen molar-refractivity contribution in [3.05, 3.63) is 29.8 Å². The highest BCUT2D eigenvalue weighted by atomic mass is 16.5. The molecule has 0 bridgehead atoms. The van der Waals surface area contributed by atoms with Crippen LogP contribution < -0.4 is 5.32 Å². The van der Waals surface area contributed by atoms with Gasteiger partial charge in [0.1, 0.15) is 0 Å². The molecule has 0 aliphatic rings. The van der Waals surface area contributed by atoms with Gasteiger partial charge in [0.15, 0.2) is 0 Å². The summed E-state index contributed by atoms with van der Waals surface area (Å²) in [6.45, 7) is 2.53. The standard InChI is InChI=1S/C16H18N4O3/c1-2-23-15(21)13-5-7-14(8-6-13)19-16(22)20(11-3-9-17)12-4-10-18/h5-8H,2-4,11-12H2,1H3,(H,19,22). The van der Waals surface area contributed by atoms with Crippen molar-refractivity contribution >= 4 is 17.7 Å². The molecule has 0 saturated heterocycles. The van der Waals surface area contributed by atoms with E-state index in [0.29, 0.717) is 17.9 Å². The molecule has 0 unspecified atom stereocenters. The molecular formula is C16H18N4O3. The lowest BCUT2D eigenvalue weighted by atomic mass is 10.2. The predicted molar refractivity (Wildman–Crippen MR) is 83.5 cm³/mol. The van der Waals surface area contributed by atoms with Crippen LogP contribution in [0.3, 0.4) is 0 Å². The molecule has 1 aromatic rings. The van der Waals surface area contributed by atoms with E-state index in [4.69, 9.17) is 15.3 Å². The van der Waals surface area contributed by atoms with Crippen molar-refractivity contribution in [2.75, 3.05) is 25.0 Å². The summed E-state index contributed by atoms with van der Waals surface area (Å²) in [5.74, 6) is -0.421. The van der Waals surface area contributed by atoms with Crippen LogP contribution in [-0.4, -0.2) is 36.6 Å². The highest BCUT2D eigenvalue weighted by molar-refractivity contribution is 5.92. The first-order valence-electron chi connectivity index (χ1n) is 7.19. The summed E-state index contributed by atoms with van der Waals surface area (Å²) in [6, 6.07) is 9.85. The van der Waals surface area contributed by atoms with Gasteiger partial charge in [-0.1, -0.05) is 0 Å². The second kappa shape index (κ2) is 9.80. The Bertz CT molecular complexity index is 596. The Morgan fingerprint density at radius 1 is 1.13 bits per heavy atom. The molecule has 7 nitrogen and oxygen atoms in total. The van der Waals surface area contributed by atoms with Gasteiger partial charge in [-0.2, -0.15) is 10.5 Å². The number of nitrogens with one attached hydrogen (secondary N) is 1. The number of anilines is 1. The summed E-state index contributed by atoms with van der Waals surface area (Å²) in [5.41, 5.74) is 0.914. The fourth-order valence-electron chi connectivity index (χ4n) is 1.79. The molecule has 1 aromatic carbocycles. The maximum absolute atomic E-state index is 12.2. The Morgan fingerprint density at radius 2 is 1.70 bits per heavy atom. The topological polar surface area (TPSA) is 106 Å². The lowest BCUT2D eigenvalue weighted by molar-refractivity contribution is 0.0526. The van der Waals surface area contributed by atoms with Gasteiger partial charge in [-0.05, 0) is 31.2 Å². The number of ether oxygens (including phenoxy) is 1. The Morgan fingerprint density at radius 3 is 2.17 bits per heavy atom. The number of urea groups is 1. The van der Waals surface area contributed by atoms with Gasteiger partial charge in [-0.25, -0.2) is 9.59 Å². The zero-order valence-corrected chi connectivity index (χ0v) is 12.9. The lowest BCUT2D eigenvalue weighted by Crippen LogP contribution is -2.36. The van der Waals surface area contributed by atoms with Crippen molar-refractivity contribution < 1.29 is 14.3 Å². The molecule has 0 spiro atoms. The number of nitriles is 2. The van der Waals surface area contributed by atoms with E-state index < -0.39 is 5.97 Å². The minimum absolute atomic E-state index is 0.195. The minimum Gasteiger partial charge on any atom is -0.462 e. The molecule has 23 heavy (non-hydrogen) atoms. The zero-order valence-electron chi connectivity index (χ0n) is 12.9. The van der Waals surface area contributed by atoms with Crippen molar-refractivity contribution in [2.45, 2.75) is 19.8 Å². The van der Waals surface area contributed by atoms with E-state index in [2.05, 4.69) is 5.32 Å². The summed E-state index contributed by atoms with van der Waals surface area (Å²) in [5, 5.41) is 19.9. The molecule has 0 atom stereocenters. The molecular weight excluding hydrogens is 296 g/mol. The van der Waals surface area contributed by atoms with Crippen LogP contribution in [0.5, 0.6) is 0 Å². The number of carbonyl (C=O) groups is 2. The highest BCUT2D eigenvalue weighted by Gasteiger charge is 2.13. The van der Waals surface area contributed by atoms with Crippen LogP contribution in [0, 0.1) is 22.7 Å². The van der Waals surface area contributed by atoms with E-state index >= 15 is 0 Å². The summed E-state index contributed by atoms with van der Waals surface area (Å²) in [4.78, 5) is 25.1. The summed E-state index contributed by atoms with van der Waals surface area (Å²) < 4.78 is 4.88. The predicted octanol–water partition coefficient (Wildman–Crippen LogP) is 2.52. The van der Waals surface area contributed by atoms with Crippen LogP contribution in [0.1, 0.15) is 30.1 Å². The van der Waals surface area contributed by atoms with Gasteiger partial charge in [-0.15, -0.1) is 0 Å². The number of nitrogens with zero attached hydrogens (tertiary/aromatic N) is 3. The van der Waals surface area contributed by atoms with Gasteiger partial charge in [0.25, 0.3) is 0 Å². The number of hydrogen-bond acceptors (Lipinski definition) is 5. The molecule has 7 heteroatoms. The minimum atomic E-state index is -0.421. The van der Waals surface area contributed by atoms with Gasteiger partial charge < -0.3 is 15.0 Å². The van der Waals surface area contributed by atoms with Gasteiger partial charge in [0.2, 0.25) is 0 Å². The van der Waals surface area contributed by atoms with E-state index in [1.165, 1.54) is 4.90 Å². The normalized spacial score (nSPS) is 9.35. The van der Waals surface area contributed by atoms with Crippen molar-refractivity contribution in [3.63, 3.8) is 0 Å². The molecule has 0 aromatic heterocycles. The van der Waals surface area contributed by atoms with E-state index in [1.807, 2.05) is 12.1 Å². The first-order valence-corrected chi connectivity index (χ1v) is 7.19. The third kappa shape index (κ3) is 6.06. The second-order valence-corrected chi connectivity index (χ2v) is 4.53. The average Bonchev–Trinajstić information content (AvgIpc) is 2.55. The second-order valence-electron chi connectivity index (χ2n) is 4.53. The number of rotatable bonds is 7. The van der Waals surface area contributed by atoms with Crippen LogP contribution in [0.4, 0.5) is 10.5 Å². The molecule has 0 heterocycles. The molecule has 0 fully saturated rings. The SMILES string of the molecule is CCOC(=O)c1ccc(NC(=O)N(CCC#N)CCC#N)cc1. The Hall–Kier alpha value is -3.06. The van der Waals surface area contributed by atoms with Crippen molar-refractivity contribution in [1.29, 1.82) is 10.5 Å². The van der Waals surface area contributed by atoms with Crippen molar-refractivity contribution in [3.8, 4) is 12.1 Å². The molecule has 2 amide bonds. The van der Waals surface area contributed by atoms with Crippen LogP contribution in [0.15, 0.2) is 24.3 Å². The molecule has 1 N–H and O–H groups in total. The van der Waals surface area contributed by atoms with E-state index in [1.54, 1.807) is 31.2 Å². The van der Waals surface area contributed by atoms with E-state index in [0.717, 1.165) is 0 Å². The van der Waals surface area contributed by atoms with E-state index in [-0.39, 0.29) is 32.0 Å². The Labute approximate surface area is 135 Å². The fraction of sp³-hybridized carbons (Fsp3) is 0.375. The monoisotopic (exact) mass is 314 g/mol. The lowest BCUT2D eigenvalue weighted by Gasteiger charge is -2.20. The quantitative estimate of drug-likeness (QED) is 0.778. The van der Waals surface area contributed by atoms with Crippen LogP contribution in [-0.2, 0) is 4.74 Å². The highest BCUT2D eigenvalue weighted by Crippen LogP contribution is 2.12. The van der Waals surface area contributed by atoms with Gasteiger partial charge in [0.05, 0.1) is 37.2 Å². The third-order valence-corrected chi connectivity index (χ3v) is 2.92. The van der Waals surface area contributed by atoms with Crippen LogP contribution in [0.25, 0.3) is 0 Å². The first kappa shape index (κ1) is 18.0. The van der Waals surface area contributed by atoms with Crippen molar-refractivity contribution in [1.82, 2.24) is 4.90 Å². The van der Waals surface area contributed by atoms with Crippen LogP contribution in [0.2, 0.25) is 0 Å². The average molecular weight is 314 g/mol. The number of amides is 2. The van der Waals surface area contributed by atoms with Crippen LogP contribution >= 0.6 is 0 Å².